The number of carbonyl (C=O) groups excluding carboxylic acids is 1. The summed E-state index contributed by atoms with van der Waals surface area (Å²) in [5.41, 5.74) is 0.639. The summed E-state index contributed by atoms with van der Waals surface area (Å²) < 4.78 is 11.6. The number of aromatic nitrogens is 1. The average molecular weight is 358 g/mol. The fourth-order valence-electron chi connectivity index (χ4n) is 2.87. The Morgan fingerprint density at radius 2 is 2.00 bits per heavy atom. The first-order valence-electron chi connectivity index (χ1n) is 9.51. The number of carbonyl (C=O) groups is 1. The fraction of sp³-hybridized carbons (Fsp3) is 0.524. The maximum absolute atomic E-state index is 13.0. The quantitative estimate of drug-likeness (QED) is 0.653. The summed E-state index contributed by atoms with van der Waals surface area (Å²) in [6, 6.07) is 7.52. The second-order valence-electron chi connectivity index (χ2n) is 6.58. The molecule has 2 aromatic rings. The molecule has 0 aliphatic carbocycles. The van der Waals surface area contributed by atoms with Crippen LogP contribution in [0.5, 0.6) is 5.75 Å². The molecule has 0 aliphatic rings. The lowest BCUT2D eigenvalue weighted by atomic mass is 9.97. The molecule has 0 saturated carbocycles. The smallest absolute Gasteiger partial charge is 0.256 e. The third-order valence-corrected chi connectivity index (χ3v) is 4.39. The Hall–Kier alpha value is -2.14. The minimum absolute atomic E-state index is 0.117. The Bertz CT molecular complexity index is 722. The maximum Gasteiger partial charge on any atom is 0.256 e. The topological polar surface area (TPSA) is 60.5 Å². The number of hydrogen-bond donors (Lipinski definition) is 1. The van der Waals surface area contributed by atoms with Crippen LogP contribution in [-0.2, 0) is 9.53 Å². The Balaban J connectivity index is 2.30. The molecule has 1 aromatic heterocycles. The molecule has 0 fully saturated rings. The summed E-state index contributed by atoms with van der Waals surface area (Å²) in [6.07, 6.45) is 5.27. The molecule has 1 amide bonds. The van der Waals surface area contributed by atoms with E-state index in [4.69, 9.17) is 9.47 Å². The molecule has 0 saturated heterocycles. The zero-order valence-electron chi connectivity index (χ0n) is 16.3. The van der Waals surface area contributed by atoms with Crippen molar-refractivity contribution in [1.82, 2.24) is 4.98 Å². The van der Waals surface area contributed by atoms with Gasteiger partial charge in [-0.2, -0.15) is 0 Å². The molecule has 142 valence electrons. The second-order valence-corrected chi connectivity index (χ2v) is 6.58. The van der Waals surface area contributed by atoms with Crippen LogP contribution in [0.1, 0.15) is 53.4 Å². The molecule has 1 aromatic carbocycles. The molecule has 0 aliphatic heterocycles. The lowest BCUT2D eigenvalue weighted by molar-refractivity contribution is -0.140. The molecule has 2 rings (SSSR count). The predicted molar refractivity (Wildman–Crippen MR) is 106 cm³/mol. The predicted octanol–water partition coefficient (Wildman–Crippen LogP) is 4.95. The number of ether oxygens (including phenoxy) is 2. The van der Waals surface area contributed by atoms with Crippen molar-refractivity contribution in [2.75, 3.05) is 18.5 Å². The van der Waals surface area contributed by atoms with E-state index in [9.17, 15) is 4.79 Å². The molecular formula is C21H30N2O3. The van der Waals surface area contributed by atoms with Crippen molar-refractivity contribution in [3.05, 3.63) is 30.5 Å². The number of fused-ring (bicyclic) bond motifs is 1. The highest BCUT2D eigenvalue weighted by Crippen LogP contribution is 2.31. The number of nitrogens with one attached hydrogen (secondary N) is 1. The molecular weight excluding hydrogens is 328 g/mol. The van der Waals surface area contributed by atoms with Crippen LogP contribution in [0.25, 0.3) is 10.9 Å². The summed E-state index contributed by atoms with van der Waals surface area (Å²) in [6.45, 7) is 9.11. The first-order chi connectivity index (χ1) is 12.6. The summed E-state index contributed by atoms with van der Waals surface area (Å²) in [5.74, 6) is 0.603. The van der Waals surface area contributed by atoms with Crippen LogP contribution in [0.2, 0.25) is 0 Å². The standard InChI is InChI=1S/C21H30N2O3/c1-5-8-13-21(4,26-15-6-2)20(24)23-17-11-12-18(25-7-3)19-16(17)10-9-14-22-19/h9-12,14H,5-8,13,15H2,1-4H3,(H,23,24)/t21-/m0/s1. The van der Waals surface area contributed by atoms with Gasteiger partial charge in [0.2, 0.25) is 0 Å². The summed E-state index contributed by atoms with van der Waals surface area (Å²) >= 11 is 0. The van der Waals surface area contributed by atoms with E-state index in [1.54, 1.807) is 6.20 Å². The van der Waals surface area contributed by atoms with Crippen LogP contribution in [-0.4, -0.2) is 29.7 Å². The SMILES string of the molecule is CCCC[C@](C)(OCCC)C(=O)Nc1ccc(OCC)c2ncccc12. The van der Waals surface area contributed by atoms with E-state index < -0.39 is 5.60 Å². The van der Waals surface area contributed by atoms with E-state index in [1.165, 1.54) is 0 Å². The van der Waals surface area contributed by atoms with Crippen molar-refractivity contribution >= 4 is 22.5 Å². The van der Waals surface area contributed by atoms with Crippen LogP contribution in [0.4, 0.5) is 5.69 Å². The van der Waals surface area contributed by atoms with Crippen LogP contribution in [0, 0.1) is 0 Å². The number of anilines is 1. The maximum atomic E-state index is 13.0. The Morgan fingerprint density at radius 1 is 1.19 bits per heavy atom. The third kappa shape index (κ3) is 4.73. The zero-order chi connectivity index (χ0) is 19.0. The number of benzene rings is 1. The van der Waals surface area contributed by atoms with E-state index in [-0.39, 0.29) is 5.91 Å². The van der Waals surface area contributed by atoms with Crippen LogP contribution < -0.4 is 10.1 Å². The van der Waals surface area contributed by atoms with Gasteiger partial charge in [-0.15, -0.1) is 0 Å². The third-order valence-electron chi connectivity index (χ3n) is 4.39. The Labute approximate surface area is 156 Å². The number of amides is 1. The number of unbranched alkanes of at least 4 members (excludes halogenated alkanes) is 1. The lowest BCUT2D eigenvalue weighted by Crippen LogP contribution is -2.43. The van der Waals surface area contributed by atoms with E-state index in [1.807, 2.05) is 45.0 Å². The van der Waals surface area contributed by atoms with Crippen molar-refractivity contribution in [3.63, 3.8) is 0 Å². The highest BCUT2D eigenvalue weighted by atomic mass is 16.5. The van der Waals surface area contributed by atoms with Crippen molar-refractivity contribution in [2.24, 2.45) is 0 Å². The minimum Gasteiger partial charge on any atom is -0.492 e. The molecule has 0 spiro atoms. The monoisotopic (exact) mass is 358 g/mol. The number of nitrogens with zero attached hydrogens (tertiary/aromatic N) is 1. The van der Waals surface area contributed by atoms with Gasteiger partial charge in [0, 0.05) is 18.2 Å². The van der Waals surface area contributed by atoms with Crippen LogP contribution >= 0.6 is 0 Å². The van der Waals surface area contributed by atoms with Gasteiger partial charge in [-0.05, 0) is 51.0 Å². The van der Waals surface area contributed by atoms with Gasteiger partial charge in [0.25, 0.3) is 5.91 Å². The first kappa shape index (κ1) is 20.2. The van der Waals surface area contributed by atoms with Crippen LogP contribution in [0.3, 0.4) is 0 Å². The Kier molecular flexibility index (Phi) is 7.39. The normalized spacial score (nSPS) is 13.4. The van der Waals surface area contributed by atoms with Crippen molar-refractivity contribution in [2.45, 2.75) is 59.0 Å². The first-order valence-corrected chi connectivity index (χ1v) is 9.51. The van der Waals surface area contributed by atoms with Crippen LogP contribution in [0.15, 0.2) is 30.5 Å². The largest absolute Gasteiger partial charge is 0.492 e. The average Bonchev–Trinajstić information content (AvgIpc) is 2.66. The number of hydrogen-bond acceptors (Lipinski definition) is 4. The van der Waals surface area contributed by atoms with E-state index in [0.29, 0.717) is 19.6 Å². The van der Waals surface area contributed by atoms with Gasteiger partial charge < -0.3 is 14.8 Å². The van der Waals surface area contributed by atoms with E-state index in [0.717, 1.165) is 41.6 Å². The highest BCUT2D eigenvalue weighted by Gasteiger charge is 2.33. The highest BCUT2D eigenvalue weighted by molar-refractivity contribution is 6.05. The van der Waals surface area contributed by atoms with E-state index in [2.05, 4.69) is 17.2 Å². The molecule has 5 heteroatoms. The zero-order valence-corrected chi connectivity index (χ0v) is 16.3. The van der Waals surface area contributed by atoms with Gasteiger partial charge in [0.05, 0.1) is 12.3 Å². The van der Waals surface area contributed by atoms with Gasteiger partial charge >= 0.3 is 0 Å². The molecule has 1 heterocycles. The van der Waals surface area contributed by atoms with Gasteiger partial charge in [0.15, 0.2) is 0 Å². The molecule has 1 N–H and O–H groups in total. The van der Waals surface area contributed by atoms with Gasteiger partial charge in [0.1, 0.15) is 16.9 Å². The van der Waals surface area contributed by atoms with E-state index >= 15 is 0 Å². The molecule has 1 atom stereocenters. The van der Waals surface area contributed by atoms with Crippen molar-refractivity contribution in [3.8, 4) is 5.75 Å². The summed E-state index contributed by atoms with van der Waals surface area (Å²) in [7, 11) is 0. The minimum atomic E-state index is -0.834. The van der Waals surface area contributed by atoms with Gasteiger partial charge in [-0.25, -0.2) is 0 Å². The molecule has 0 unspecified atom stereocenters. The number of pyridine rings is 1. The Morgan fingerprint density at radius 3 is 2.69 bits per heavy atom. The second kappa shape index (κ2) is 9.53. The van der Waals surface area contributed by atoms with Gasteiger partial charge in [-0.1, -0.05) is 26.7 Å². The molecule has 5 nitrogen and oxygen atoms in total. The molecule has 0 radical (unpaired) electrons. The van der Waals surface area contributed by atoms with Gasteiger partial charge in [-0.3, -0.25) is 9.78 Å². The molecule has 26 heavy (non-hydrogen) atoms. The molecule has 0 bridgehead atoms. The summed E-state index contributed by atoms with van der Waals surface area (Å²) in [4.78, 5) is 17.4. The van der Waals surface area contributed by atoms with Crippen molar-refractivity contribution < 1.29 is 14.3 Å². The lowest BCUT2D eigenvalue weighted by Gasteiger charge is -2.29. The number of rotatable bonds is 10. The summed E-state index contributed by atoms with van der Waals surface area (Å²) in [5, 5.41) is 3.91. The van der Waals surface area contributed by atoms with Crippen molar-refractivity contribution in [1.29, 1.82) is 0 Å². The fourth-order valence-corrected chi connectivity index (χ4v) is 2.87.